The molecule has 4 rings (SSSR count). The minimum atomic E-state index is -4.05. The van der Waals surface area contributed by atoms with Crippen molar-refractivity contribution in [1.29, 1.82) is 0 Å². The van der Waals surface area contributed by atoms with Crippen LogP contribution in [0.2, 0.25) is 0 Å². The van der Waals surface area contributed by atoms with Crippen molar-refractivity contribution >= 4 is 48.7 Å². The highest BCUT2D eigenvalue weighted by molar-refractivity contribution is 7.90. The summed E-state index contributed by atoms with van der Waals surface area (Å²) in [6.07, 6.45) is 0. The van der Waals surface area contributed by atoms with E-state index in [4.69, 9.17) is 13.6 Å². The van der Waals surface area contributed by atoms with E-state index in [0.29, 0.717) is 0 Å². The zero-order valence-corrected chi connectivity index (χ0v) is 14.3. The quantitative estimate of drug-likeness (QED) is 0.263. The first kappa shape index (κ1) is 17.0. The van der Waals surface area contributed by atoms with E-state index in [-0.39, 0.29) is 32.9 Å². The lowest BCUT2D eigenvalue weighted by atomic mass is 10.0. The van der Waals surface area contributed by atoms with Gasteiger partial charge in [-0.05, 0) is 6.07 Å². The molecule has 0 bridgehead atoms. The third-order valence-corrected chi connectivity index (χ3v) is 4.38. The third kappa shape index (κ3) is 2.36. The molecule has 0 aliphatic heterocycles. The molecule has 0 aliphatic carbocycles. The Hall–Kier alpha value is -3.44. The van der Waals surface area contributed by atoms with E-state index in [2.05, 4.69) is 10.1 Å². The molecule has 3 N–H and O–H groups in total. The summed E-state index contributed by atoms with van der Waals surface area (Å²) < 4.78 is 40.6. The molecule has 1 atom stereocenters. The first-order valence-electron chi connectivity index (χ1n) is 7.20. The predicted octanol–water partition coefficient (Wildman–Crippen LogP) is 1.39. The molecule has 0 spiro atoms. The van der Waals surface area contributed by atoms with E-state index in [9.17, 15) is 28.6 Å². The van der Waals surface area contributed by atoms with Gasteiger partial charge >= 0.3 is 11.3 Å². The van der Waals surface area contributed by atoms with E-state index in [1.54, 1.807) is 0 Å². The highest BCUT2D eigenvalue weighted by Crippen LogP contribution is 2.45. The van der Waals surface area contributed by atoms with Crippen LogP contribution in [0.15, 0.2) is 30.6 Å². The van der Waals surface area contributed by atoms with Gasteiger partial charge in [0, 0.05) is 22.7 Å². The van der Waals surface area contributed by atoms with Gasteiger partial charge in [0.15, 0.2) is 22.7 Å². The molecule has 140 valence electrons. The summed E-state index contributed by atoms with van der Waals surface area (Å²) in [5.74, 6) is 0.836. The first-order valence-corrected chi connectivity index (χ1v) is 8.81. The Morgan fingerprint density at radius 2 is 1.59 bits per heavy atom. The number of phenols is 2. The van der Waals surface area contributed by atoms with Gasteiger partial charge in [-0.15, -0.1) is 0 Å². The Morgan fingerprint density at radius 1 is 1.04 bits per heavy atom. The molecule has 2 aromatic carbocycles. The van der Waals surface area contributed by atoms with Crippen LogP contribution in [0.3, 0.4) is 0 Å². The van der Waals surface area contributed by atoms with Crippen molar-refractivity contribution < 1.29 is 36.7 Å². The molecule has 4 aromatic rings. The number of methoxy groups -OCH3 is 1. The Labute approximate surface area is 149 Å². The number of benzene rings is 2. The zero-order chi connectivity index (χ0) is 19.7. The van der Waals surface area contributed by atoms with Gasteiger partial charge in [-0.2, -0.15) is 4.21 Å². The molecule has 27 heavy (non-hydrogen) atoms. The largest absolute Gasteiger partial charge is 0.504 e. The second-order valence-electron chi connectivity index (χ2n) is 5.60. The average molecular weight is 394 g/mol. The predicted molar refractivity (Wildman–Crippen MR) is 95.6 cm³/mol. The lowest BCUT2D eigenvalue weighted by Gasteiger charge is -2.14. The molecular formula is C16H10O10S. The topological polar surface area (TPSA) is 157 Å². The van der Waals surface area contributed by atoms with E-state index < -0.39 is 44.2 Å². The minimum absolute atomic E-state index is 0.00694. The summed E-state index contributed by atoms with van der Waals surface area (Å²) in [5, 5.41) is 20.1. The third-order valence-electron chi connectivity index (χ3n) is 3.94. The van der Waals surface area contributed by atoms with E-state index in [1.807, 2.05) is 0 Å². The summed E-state index contributed by atoms with van der Waals surface area (Å²) in [4.78, 5) is 24.8. The maximum atomic E-state index is 12.4. The van der Waals surface area contributed by atoms with Gasteiger partial charge < -0.3 is 28.0 Å². The van der Waals surface area contributed by atoms with Crippen LogP contribution in [-0.2, 0) is 10.1 Å². The van der Waals surface area contributed by atoms with E-state index in [1.165, 1.54) is 7.11 Å². The van der Waals surface area contributed by atoms with Gasteiger partial charge in [0.2, 0.25) is 21.6 Å². The molecule has 0 fully saturated rings. The number of hydrogen-bond acceptors (Lipinski definition) is 9. The summed E-state index contributed by atoms with van der Waals surface area (Å²) in [6.45, 7) is 0. The molecular weight excluding hydrogens is 384 g/mol. The molecule has 0 amide bonds. The van der Waals surface area contributed by atoms with Gasteiger partial charge in [0.05, 0.1) is 17.9 Å². The molecule has 0 aliphatic rings. The molecule has 2 aromatic heterocycles. The highest BCUT2D eigenvalue weighted by Gasteiger charge is 2.26. The highest BCUT2D eigenvalue weighted by atomic mass is 32.2. The smallest absolute Gasteiger partial charge is 0.344 e. The van der Waals surface area contributed by atoms with Crippen LogP contribution in [-0.4, -0.2) is 32.0 Å². The molecule has 0 saturated heterocycles. The summed E-state index contributed by atoms with van der Waals surface area (Å²) in [5.41, 5.74) is -2.61. The standard InChI is InChI=1S/C16H10O10S/c1-23-12-7(17)3-5-10-9-6(16(20)25-14(10)12)4-8(26-27(2,21)22)11(18)13(9)24-15(5)19/h3-4,17-18H,2H2,1H3,(H,21,22). The van der Waals surface area contributed by atoms with Crippen molar-refractivity contribution in [2.24, 2.45) is 0 Å². The van der Waals surface area contributed by atoms with E-state index in [0.717, 1.165) is 12.1 Å². The van der Waals surface area contributed by atoms with E-state index >= 15 is 0 Å². The van der Waals surface area contributed by atoms with Crippen LogP contribution < -0.4 is 20.2 Å². The second kappa shape index (κ2) is 5.28. The first-order chi connectivity index (χ1) is 12.6. The lowest BCUT2D eigenvalue weighted by Crippen LogP contribution is -2.10. The van der Waals surface area contributed by atoms with Gasteiger partial charge in [0.25, 0.3) is 0 Å². The van der Waals surface area contributed by atoms with Crippen LogP contribution in [0, 0.1) is 0 Å². The zero-order valence-electron chi connectivity index (χ0n) is 13.5. The van der Waals surface area contributed by atoms with Crippen molar-refractivity contribution in [2.45, 2.75) is 0 Å². The van der Waals surface area contributed by atoms with Crippen molar-refractivity contribution in [2.75, 3.05) is 7.11 Å². The Balaban J connectivity index is 2.33. The van der Waals surface area contributed by atoms with Gasteiger partial charge in [-0.1, -0.05) is 0 Å². The molecule has 11 heteroatoms. The molecule has 2 heterocycles. The normalized spacial score (nSPS) is 14.0. The maximum Gasteiger partial charge on any atom is 0.344 e. The van der Waals surface area contributed by atoms with Crippen molar-refractivity contribution in [1.82, 2.24) is 0 Å². The average Bonchev–Trinajstić information content (AvgIpc) is 2.56. The van der Waals surface area contributed by atoms with Gasteiger partial charge in [-0.3, -0.25) is 4.55 Å². The lowest BCUT2D eigenvalue weighted by molar-refractivity contribution is 0.369. The molecule has 0 saturated carbocycles. The molecule has 0 radical (unpaired) electrons. The fraction of sp³-hybridized carbons (Fsp3) is 0.0625. The summed E-state index contributed by atoms with van der Waals surface area (Å²) in [7, 11) is -2.82. The summed E-state index contributed by atoms with van der Waals surface area (Å²) in [6, 6.07) is 2.03. The van der Waals surface area contributed by atoms with Crippen LogP contribution in [0.5, 0.6) is 23.0 Å². The van der Waals surface area contributed by atoms with Crippen LogP contribution in [0.1, 0.15) is 0 Å². The molecule has 1 unspecified atom stereocenters. The second-order valence-corrected chi connectivity index (χ2v) is 6.93. The van der Waals surface area contributed by atoms with Crippen molar-refractivity contribution in [3.05, 3.63) is 33.0 Å². The SMILES string of the molecule is C=S(=O)(O)Oc1cc2c(=O)oc3c(OC)c(O)cc4c(=O)oc(c1O)c2c34. The summed E-state index contributed by atoms with van der Waals surface area (Å²) >= 11 is 0. The fourth-order valence-electron chi connectivity index (χ4n) is 2.96. The molecule has 10 nitrogen and oxygen atoms in total. The number of rotatable bonds is 3. The number of aromatic hydroxyl groups is 2. The Kier molecular flexibility index (Phi) is 3.32. The number of ether oxygens (including phenoxy) is 1. The Bertz CT molecular complexity index is 1460. The van der Waals surface area contributed by atoms with Gasteiger partial charge in [0.1, 0.15) is 0 Å². The van der Waals surface area contributed by atoms with Crippen LogP contribution in [0.25, 0.3) is 32.7 Å². The number of phenolic OH excluding ortho intramolecular Hbond substituents is 2. The monoisotopic (exact) mass is 394 g/mol. The number of hydrogen-bond donors (Lipinski definition) is 3. The van der Waals surface area contributed by atoms with Crippen molar-refractivity contribution in [3.63, 3.8) is 0 Å². The Morgan fingerprint density at radius 3 is 2.19 bits per heavy atom. The minimum Gasteiger partial charge on any atom is -0.504 e. The van der Waals surface area contributed by atoms with Crippen molar-refractivity contribution in [3.8, 4) is 23.0 Å². The fourth-order valence-corrected chi connectivity index (χ4v) is 3.37. The maximum absolute atomic E-state index is 12.4. The van der Waals surface area contributed by atoms with Crippen LogP contribution in [0.4, 0.5) is 0 Å². The van der Waals surface area contributed by atoms with Gasteiger partial charge in [-0.25, -0.2) is 9.59 Å². The van der Waals surface area contributed by atoms with Crippen LogP contribution >= 0.6 is 0 Å².